The minimum Gasteiger partial charge on any atom is -0.320 e. The summed E-state index contributed by atoms with van der Waals surface area (Å²) in [7, 11) is 1.92. The number of aromatic nitrogens is 5. The Morgan fingerprint density at radius 2 is 2.30 bits per heavy atom. The molecule has 1 atom stereocenters. The van der Waals surface area contributed by atoms with Crippen LogP contribution in [-0.2, 0) is 12.5 Å². The molecule has 0 N–H and O–H groups in total. The van der Waals surface area contributed by atoms with Gasteiger partial charge in [-0.25, -0.2) is 4.98 Å². The number of imidazole rings is 1. The third-order valence-corrected chi connectivity index (χ3v) is 4.61. The summed E-state index contributed by atoms with van der Waals surface area (Å²) < 4.78 is 3.82. The van der Waals surface area contributed by atoms with E-state index in [1.807, 2.05) is 34.5 Å². The van der Waals surface area contributed by atoms with Gasteiger partial charge in [0.15, 0.2) is 5.65 Å². The Hall–Kier alpha value is -2.65. The van der Waals surface area contributed by atoms with E-state index < -0.39 is 5.41 Å². The van der Waals surface area contributed by atoms with Gasteiger partial charge in [0.05, 0.1) is 22.9 Å². The number of nitriles is 1. The van der Waals surface area contributed by atoms with Crippen LogP contribution in [0.3, 0.4) is 0 Å². The van der Waals surface area contributed by atoms with Crippen molar-refractivity contribution in [1.29, 1.82) is 5.26 Å². The third kappa shape index (κ3) is 1.97. The van der Waals surface area contributed by atoms with Gasteiger partial charge in [0.2, 0.25) is 0 Å². The second kappa shape index (κ2) is 4.93. The second-order valence-corrected chi connectivity index (χ2v) is 6.19. The van der Waals surface area contributed by atoms with Crippen LogP contribution in [0.4, 0.5) is 0 Å². The van der Waals surface area contributed by atoms with Crippen molar-refractivity contribution in [2.24, 2.45) is 7.05 Å². The molecule has 1 aliphatic rings. The van der Waals surface area contributed by atoms with Crippen LogP contribution in [0.25, 0.3) is 5.65 Å². The van der Waals surface area contributed by atoms with Gasteiger partial charge in [0, 0.05) is 25.6 Å². The van der Waals surface area contributed by atoms with E-state index in [4.69, 9.17) is 16.9 Å². The zero-order valence-corrected chi connectivity index (χ0v) is 13.2. The van der Waals surface area contributed by atoms with E-state index in [-0.39, 0.29) is 0 Å². The zero-order valence-electron chi connectivity index (χ0n) is 12.4. The van der Waals surface area contributed by atoms with Gasteiger partial charge in [-0.3, -0.25) is 0 Å². The van der Waals surface area contributed by atoms with Gasteiger partial charge >= 0.3 is 0 Å². The number of halogens is 1. The Morgan fingerprint density at radius 3 is 3.00 bits per heavy atom. The molecule has 0 spiro atoms. The van der Waals surface area contributed by atoms with Crippen LogP contribution >= 0.6 is 11.6 Å². The van der Waals surface area contributed by atoms with Crippen molar-refractivity contribution >= 4 is 17.2 Å². The number of rotatable bonds is 3. The monoisotopic (exact) mass is 324 g/mol. The fourth-order valence-electron chi connectivity index (χ4n) is 3.27. The molecule has 1 unspecified atom stereocenters. The maximum absolute atomic E-state index is 8.93. The van der Waals surface area contributed by atoms with E-state index in [2.05, 4.69) is 27.3 Å². The molecule has 7 heteroatoms. The van der Waals surface area contributed by atoms with Gasteiger partial charge in [0.25, 0.3) is 0 Å². The maximum atomic E-state index is 8.93. The molecular formula is C16H13ClN6. The molecular weight excluding hydrogens is 312 g/mol. The summed E-state index contributed by atoms with van der Waals surface area (Å²) in [6.45, 7) is 0. The fraction of sp³-hybridized carbons (Fsp3) is 0.250. The first-order valence-corrected chi connectivity index (χ1v) is 7.56. The van der Waals surface area contributed by atoms with Crippen LogP contribution in [-0.4, -0.2) is 24.1 Å². The molecule has 1 aliphatic carbocycles. The summed E-state index contributed by atoms with van der Waals surface area (Å²) >= 11 is 6.39. The first kappa shape index (κ1) is 14.0. The largest absolute Gasteiger partial charge is 0.320 e. The van der Waals surface area contributed by atoms with E-state index >= 15 is 0 Å². The molecule has 0 bridgehead atoms. The predicted octanol–water partition coefficient (Wildman–Crippen LogP) is 2.65. The quantitative estimate of drug-likeness (QED) is 0.694. The van der Waals surface area contributed by atoms with Crippen molar-refractivity contribution in [3.8, 4) is 6.07 Å². The molecule has 3 aromatic heterocycles. The summed E-state index contributed by atoms with van der Waals surface area (Å²) in [6.07, 6.45) is 10.6. The number of fused-ring (bicyclic) bond motifs is 1. The first-order valence-electron chi connectivity index (χ1n) is 7.19. The molecule has 0 aromatic carbocycles. The smallest absolute Gasteiger partial charge is 0.155 e. The lowest BCUT2D eigenvalue weighted by molar-refractivity contribution is 0.501. The Bertz CT molecular complexity index is 976. The highest BCUT2D eigenvalue weighted by molar-refractivity contribution is 6.33. The molecule has 0 radical (unpaired) electrons. The molecule has 3 aromatic rings. The van der Waals surface area contributed by atoms with E-state index in [0.717, 1.165) is 29.0 Å². The van der Waals surface area contributed by atoms with Crippen LogP contribution in [0.15, 0.2) is 42.6 Å². The van der Waals surface area contributed by atoms with Gasteiger partial charge in [-0.2, -0.15) is 5.26 Å². The highest BCUT2D eigenvalue weighted by Crippen LogP contribution is 2.47. The highest BCUT2D eigenvalue weighted by Gasteiger charge is 2.44. The standard InChI is InChI=1S/C16H13ClN6/c1-22-10-20-21-15(22)16(7-11(8-16)2-3-18)12-6-13(17)14-19-4-5-23(14)9-12/h4-7,9-10H,2,8H2,1H3. The molecule has 6 nitrogen and oxygen atoms in total. The van der Waals surface area contributed by atoms with Gasteiger partial charge in [-0.15, -0.1) is 10.2 Å². The summed E-state index contributed by atoms with van der Waals surface area (Å²) in [4.78, 5) is 4.25. The Balaban J connectivity index is 1.93. The number of pyridine rings is 1. The highest BCUT2D eigenvalue weighted by atomic mass is 35.5. The van der Waals surface area contributed by atoms with Crippen LogP contribution in [0.5, 0.6) is 0 Å². The van der Waals surface area contributed by atoms with Crippen LogP contribution < -0.4 is 0 Å². The molecule has 0 saturated carbocycles. The number of nitrogens with zero attached hydrogens (tertiary/aromatic N) is 6. The number of allylic oxidation sites excluding steroid dienone is 2. The molecule has 0 amide bonds. The molecule has 3 heterocycles. The summed E-state index contributed by atoms with van der Waals surface area (Å²) in [5.74, 6) is 0.842. The van der Waals surface area contributed by atoms with Gasteiger partial charge in [0.1, 0.15) is 12.2 Å². The Kier molecular flexibility index (Phi) is 3.00. The number of hydrogen-bond acceptors (Lipinski definition) is 4. The van der Waals surface area contributed by atoms with Crippen molar-refractivity contribution in [3.63, 3.8) is 0 Å². The first-order chi connectivity index (χ1) is 11.1. The topological polar surface area (TPSA) is 71.8 Å². The SMILES string of the molecule is Cn1cnnc1C1(c2cc(Cl)c3nccn3c2)C=C(CC#N)C1. The Morgan fingerprint density at radius 1 is 1.48 bits per heavy atom. The summed E-state index contributed by atoms with van der Waals surface area (Å²) in [5.41, 5.74) is 2.45. The fourth-order valence-corrected chi connectivity index (χ4v) is 3.54. The van der Waals surface area contributed by atoms with Gasteiger partial charge in [-0.05, 0) is 18.1 Å². The maximum Gasteiger partial charge on any atom is 0.155 e. The van der Waals surface area contributed by atoms with Gasteiger partial charge < -0.3 is 8.97 Å². The van der Waals surface area contributed by atoms with E-state index in [1.54, 1.807) is 12.5 Å². The summed E-state index contributed by atoms with van der Waals surface area (Å²) in [5, 5.41) is 17.8. The van der Waals surface area contributed by atoms with E-state index in [9.17, 15) is 0 Å². The van der Waals surface area contributed by atoms with Crippen molar-refractivity contribution in [2.75, 3.05) is 0 Å². The number of aryl methyl sites for hydroxylation is 1. The lowest BCUT2D eigenvalue weighted by Gasteiger charge is -2.39. The third-order valence-electron chi connectivity index (χ3n) is 4.33. The van der Waals surface area contributed by atoms with Crippen molar-refractivity contribution in [1.82, 2.24) is 24.1 Å². The second-order valence-electron chi connectivity index (χ2n) is 5.79. The molecule has 114 valence electrons. The minimum atomic E-state index is -0.403. The van der Waals surface area contributed by atoms with E-state index in [1.165, 1.54) is 0 Å². The average molecular weight is 325 g/mol. The molecule has 0 saturated heterocycles. The predicted molar refractivity (Wildman–Crippen MR) is 84.9 cm³/mol. The van der Waals surface area contributed by atoms with Crippen molar-refractivity contribution in [2.45, 2.75) is 18.3 Å². The van der Waals surface area contributed by atoms with E-state index in [0.29, 0.717) is 11.4 Å². The number of hydrogen-bond donors (Lipinski definition) is 0. The normalized spacial score (nSPS) is 20.1. The lowest BCUT2D eigenvalue weighted by Crippen LogP contribution is -2.36. The molecule has 0 aliphatic heterocycles. The lowest BCUT2D eigenvalue weighted by atomic mass is 9.65. The van der Waals surface area contributed by atoms with Crippen molar-refractivity contribution in [3.05, 3.63) is 59.0 Å². The average Bonchev–Trinajstić information content (AvgIpc) is 3.11. The van der Waals surface area contributed by atoms with Gasteiger partial charge in [-0.1, -0.05) is 23.3 Å². The Labute approximate surface area is 137 Å². The molecule has 23 heavy (non-hydrogen) atoms. The molecule has 0 fully saturated rings. The van der Waals surface area contributed by atoms with Crippen LogP contribution in [0.1, 0.15) is 24.2 Å². The molecule has 4 rings (SSSR count). The zero-order chi connectivity index (χ0) is 16.0. The van der Waals surface area contributed by atoms with Crippen molar-refractivity contribution < 1.29 is 0 Å². The summed E-state index contributed by atoms with van der Waals surface area (Å²) in [6, 6.07) is 4.13. The minimum absolute atomic E-state index is 0.403. The van der Waals surface area contributed by atoms with Crippen LogP contribution in [0, 0.1) is 11.3 Å². The van der Waals surface area contributed by atoms with Crippen LogP contribution in [0.2, 0.25) is 5.02 Å².